The Morgan fingerprint density at radius 1 is 1.38 bits per heavy atom. The first-order valence-electron chi connectivity index (χ1n) is 6.19. The molecule has 1 rings (SSSR count). The van der Waals surface area contributed by atoms with Gasteiger partial charge in [0.1, 0.15) is 0 Å². The van der Waals surface area contributed by atoms with Crippen LogP contribution < -0.4 is 0 Å². The number of aliphatic hydroxyl groups is 1. The van der Waals surface area contributed by atoms with Gasteiger partial charge in [0.2, 0.25) is 0 Å². The van der Waals surface area contributed by atoms with Crippen LogP contribution in [0.1, 0.15) is 44.9 Å². The molecule has 0 heterocycles. The topological polar surface area (TPSA) is 60.8 Å². The van der Waals surface area contributed by atoms with Crippen molar-refractivity contribution in [1.29, 1.82) is 0 Å². The molecule has 0 aromatic carbocycles. The van der Waals surface area contributed by atoms with E-state index in [4.69, 9.17) is 5.11 Å². The molecule has 94 valence electrons. The van der Waals surface area contributed by atoms with Crippen LogP contribution in [0.25, 0.3) is 0 Å². The van der Waals surface area contributed by atoms with Gasteiger partial charge in [-0.25, -0.2) is 0 Å². The number of carboxylic acid groups (broad SMARTS) is 1. The maximum Gasteiger partial charge on any atom is 0.303 e. The van der Waals surface area contributed by atoms with E-state index in [-0.39, 0.29) is 6.42 Å². The molecular formula is C12H23NO3. The van der Waals surface area contributed by atoms with Gasteiger partial charge in [-0.15, -0.1) is 0 Å². The molecular weight excluding hydrogens is 206 g/mol. The van der Waals surface area contributed by atoms with Gasteiger partial charge in [-0.3, -0.25) is 4.79 Å². The van der Waals surface area contributed by atoms with E-state index in [0.29, 0.717) is 19.0 Å². The van der Waals surface area contributed by atoms with Crippen LogP contribution >= 0.6 is 0 Å². The number of aliphatic hydroxyl groups excluding tert-OH is 1. The van der Waals surface area contributed by atoms with E-state index in [9.17, 15) is 9.90 Å². The summed E-state index contributed by atoms with van der Waals surface area (Å²) in [5.41, 5.74) is 0. The maximum absolute atomic E-state index is 10.4. The Balaban J connectivity index is 2.21. The van der Waals surface area contributed by atoms with Gasteiger partial charge in [0.15, 0.2) is 0 Å². The van der Waals surface area contributed by atoms with Gasteiger partial charge in [-0.05, 0) is 26.3 Å². The lowest BCUT2D eigenvalue weighted by Crippen LogP contribution is -2.38. The second kappa shape index (κ2) is 6.86. The third-order valence-electron chi connectivity index (χ3n) is 3.39. The third-order valence-corrected chi connectivity index (χ3v) is 3.39. The van der Waals surface area contributed by atoms with Gasteiger partial charge in [0.25, 0.3) is 0 Å². The Kier molecular flexibility index (Phi) is 5.77. The monoisotopic (exact) mass is 229 g/mol. The van der Waals surface area contributed by atoms with E-state index >= 15 is 0 Å². The smallest absolute Gasteiger partial charge is 0.303 e. The SMILES string of the molecule is CN(CC(O)CCC(=O)O)C1CCCCC1. The number of rotatable bonds is 6. The quantitative estimate of drug-likeness (QED) is 0.724. The van der Waals surface area contributed by atoms with Crippen LogP contribution in [0.5, 0.6) is 0 Å². The Morgan fingerprint density at radius 3 is 2.56 bits per heavy atom. The molecule has 4 nitrogen and oxygen atoms in total. The molecule has 1 aliphatic carbocycles. The molecule has 0 amide bonds. The first-order valence-corrected chi connectivity index (χ1v) is 6.19. The molecule has 0 aromatic rings. The molecule has 1 saturated carbocycles. The fraction of sp³-hybridized carbons (Fsp3) is 0.917. The summed E-state index contributed by atoms with van der Waals surface area (Å²) in [7, 11) is 2.03. The van der Waals surface area contributed by atoms with Crippen LogP contribution in [0.4, 0.5) is 0 Å². The van der Waals surface area contributed by atoms with Crippen molar-refractivity contribution in [2.45, 2.75) is 57.1 Å². The lowest BCUT2D eigenvalue weighted by molar-refractivity contribution is -0.137. The van der Waals surface area contributed by atoms with E-state index in [1.165, 1.54) is 32.1 Å². The van der Waals surface area contributed by atoms with Crippen molar-refractivity contribution in [3.63, 3.8) is 0 Å². The van der Waals surface area contributed by atoms with Crippen LogP contribution in [0.3, 0.4) is 0 Å². The Morgan fingerprint density at radius 2 is 2.00 bits per heavy atom. The molecule has 0 aromatic heterocycles. The average Bonchev–Trinajstić information content (AvgIpc) is 2.27. The zero-order chi connectivity index (χ0) is 12.0. The number of likely N-dealkylation sites (N-methyl/N-ethyl adjacent to an activating group) is 1. The lowest BCUT2D eigenvalue weighted by atomic mass is 9.94. The van der Waals surface area contributed by atoms with Crippen LogP contribution in [0.2, 0.25) is 0 Å². The lowest BCUT2D eigenvalue weighted by Gasteiger charge is -2.32. The normalized spacial score (nSPS) is 19.9. The van der Waals surface area contributed by atoms with Crippen molar-refractivity contribution in [3.05, 3.63) is 0 Å². The largest absolute Gasteiger partial charge is 0.481 e. The molecule has 16 heavy (non-hydrogen) atoms. The number of carboxylic acids is 1. The van der Waals surface area contributed by atoms with Gasteiger partial charge >= 0.3 is 5.97 Å². The van der Waals surface area contributed by atoms with Gasteiger partial charge in [-0.1, -0.05) is 19.3 Å². The van der Waals surface area contributed by atoms with E-state index in [0.717, 1.165) is 0 Å². The fourth-order valence-electron chi connectivity index (χ4n) is 2.38. The molecule has 0 bridgehead atoms. The molecule has 4 heteroatoms. The minimum absolute atomic E-state index is 0.0552. The summed E-state index contributed by atoms with van der Waals surface area (Å²) < 4.78 is 0. The highest BCUT2D eigenvalue weighted by molar-refractivity contribution is 5.66. The molecule has 1 fully saturated rings. The number of carbonyl (C=O) groups is 1. The average molecular weight is 229 g/mol. The molecule has 1 unspecified atom stereocenters. The van der Waals surface area contributed by atoms with Crippen molar-refractivity contribution in [1.82, 2.24) is 4.90 Å². The molecule has 0 saturated heterocycles. The first kappa shape index (κ1) is 13.5. The summed E-state index contributed by atoms with van der Waals surface area (Å²) >= 11 is 0. The molecule has 2 N–H and O–H groups in total. The molecule has 1 aliphatic rings. The summed E-state index contributed by atoms with van der Waals surface area (Å²) in [6, 6.07) is 0.577. The zero-order valence-electron chi connectivity index (χ0n) is 10.1. The molecule has 0 spiro atoms. The summed E-state index contributed by atoms with van der Waals surface area (Å²) in [5, 5.41) is 18.2. The van der Waals surface area contributed by atoms with Gasteiger partial charge < -0.3 is 15.1 Å². The minimum Gasteiger partial charge on any atom is -0.481 e. The van der Waals surface area contributed by atoms with Gasteiger partial charge in [-0.2, -0.15) is 0 Å². The van der Waals surface area contributed by atoms with Crippen LogP contribution in [0, 0.1) is 0 Å². The molecule has 0 aliphatic heterocycles. The summed E-state index contributed by atoms with van der Waals surface area (Å²) in [4.78, 5) is 12.6. The number of hydrogen-bond donors (Lipinski definition) is 2. The van der Waals surface area contributed by atoms with Crippen molar-refractivity contribution >= 4 is 5.97 Å². The molecule has 1 atom stereocenters. The Hall–Kier alpha value is -0.610. The van der Waals surface area contributed by atoms with Gasteiger partial charge in [0.05, 0.1) is 6.10 Å². The van der Waals surface area contributed by atoms with E-state index < -0.39 is 12.1 Å². The van der Waals surface area contributed by atoms with Crippen molar-refractivity contribution in [3.8, 4) is 0 Å². The summed E-state index contributed by atoms with van der Waals surface area (Å²) in [6.45, 7) is 0.595. The van der Waals surface area contributed by atoms with Crippen LogP contribution in [-0.4, -0.2) is 46.8 Å². The van der Waals surface area contributed by atoms with Crippen molar-refractivity contribution in [2.75, 3.05) is 13.6 Å². The second-order valence-corrected chi connectivity index (χ2v) is 4.82. The summed E-state index contributed by atoms with van der Waals surface area (Å²) in [6.07, 6.45) is 6.20. The van der Waals surface area contributed by atoms with Crippen molar-refractivity contribution < 1.29 is 15.0 Å². The van der Waals surface area contributed by atoms with E-state index in [1.807, 2.05) is 7.05 Å². The predicted octanol–water partition coefficient (Wildman–Crippen LogP) is 1.48. The maximum atomic E-state index is 10.4. The van der Waals surface area contributed by atoms with E-state index in [1.54, 1.807) is 0 Å². The molecule has 0 radical (unpaired) electrons. The Labute approximate surface area is 97.3 Å². The third kappa shape index (κ3) is 4.94. The van der Waals surface area contributed by atoms with Crippen LogP contribution in [-0.2, 0) is 4.79 Å². The minimum atomic E-state index is -0.834. The number of aliphatic carboxylic acids is 1. The van der Waals surface area contributed by atoms with Crippen molar-refractivity contribution in [2.24, 2.45) is 0 Å². The summed E-state index contributed by atoms with van der Waals surface area (Å²) in [5.74, 6) is -0.834. The van der Waals surface area contributed by atoms with Crippen LogP contribution in [0.15, 0.2) is 0 Å². The zero-order valence-corrected chi connectivity index (χ0v) is 10.1. The highest BCUT2D eigenvalue weighted by Crippen LogP contribution is 2.21. The highest BCUT2D eigenvalue weighted by atomic mass is 16.4. The fourth-order valence-corrected chi connectivity index (χ4v) is 2.38. The van der Waals surface area contributed by atoms with E-state index in [2.05, 4.69) is 4.90 Å². The number of nitrogens with zero attached hydrogens (tertiary/aromatic N) is 1. The van der Waals surface area contributed by atoms with Gasteiger partial charge in [0, 0.05) is 19.0 Å². The standard InChI is InChI=1S/C12H23NO3/c1-13(10-5-3-2-4-6-10)9-11(14)7-8-12(15)16/h10-11,14H,2-9H2,1H3,(H,15,16). The Bertz CT molecular complexity index is 214. The predicted molar refractivity (Wildman–Crippen MR) is 62.4 cm³/mol. The second-order valence-electron chi connectivity index (χ2n) is 4.82. The highest BCUT2D eigenvalue weighted by Gasteiger charge is 2.20. The first-order chi connectivity index (χ1) is 7.59. The number of hydrogen-bond acceptors (Lipinski definition) is 3.